The van der Waals surface area contributed by atoms with Crippen LogP contribution in [0.3, 0.4) is 0 Å². The molecule has 2 unspecified atom stereocenters. The summed E-state index contributed by atoms with van der Waals surface area (Å²) in [5, 5.41) is 3.47. The molecule has 3 heteroatoms. The van der Waals surface area contributed by atoms with Gasteiger partial charge >= 0.3 is 0 Å². The number of halogens is 1. The first kappa shape index (κ1) is 16.0. The molecular weight excluding hydrogens is 312 g/mol. The second-order valence-corrected chi connectivity index (χ2v) is 6.83. The van der Waals surface area contributed by atoms with Crippen molar-refractivity contribution in [2.24, 2.45) is 0 Å². The van der Waals surface area contributed by atoms with E-state index in [4.69, 9.17) is 0 Å². The van der Waals surface area contributed by atoms with Crippen LogP contribution in [0.15, 0.2) is 28.7 Å². The number of nitrogens with one attached hydrogen (secondary N) is 1. The van der Waals surface area contributed by atoms with E-state index in [-0.39, 0.29) is 0 Å². The van der Waals surface area contributed by atoms with E-state index in [0.717, 1.165) is 10.5 Å². The molecule has 1 N–H and O–H groups in total. The van der Waals surface area contributed by atoms with Gasteiger partial charge in [-0.3, -0.25) is 0 Å². The third-order valence-corrected chi connectivity index (χ3v) is 5.05. The highest BCUT2D eigenvalue weighted by molar-refractivity contribution is 9.10. The van der Waals surface area contributed by atoms with Crippen molar-refractivity contribution >= 4 is 15.9 Å². The van der Waals surface area contributed by atoms with E-state index in [1.165, 1.54) is 50.8 Å². The molecule has 2 nitrogen and oxygen atoms in total. The maximum Gasteiger partial charge on any atom is 0.0329 e. The Morgan fingerprint density at radius 1 is 1.25 bits per heavy atom. The van der Waals surface area contributed by atoms with E-state index < -0.39 is 0 Å². The lowest BCUT2D eigenvalue weighted by Crippen LogP contribution is -2.35. The molecule has 0 saturated carbocycles. The molecular formula is C17H27BrN2. The van der Waals surface area contributed by atoms with Crippen LogP contribution in [0.25, 0.3) is 0 Å². The van der Waals surface area contributed by atoms with Crippen molar-refractivity contribution in [1.29, 1.82) is 0 Å². The summed E-state index contributed by atoms with van der Waals surface area (Å²) in [6.07, 6.45) is 6.72. The van der Waals surface area contributed by atoms with Crippen molar-refractivity contribution < 1.29 is 0 Å². The van der Waals surface area contributed by atoms with Crippen molar-refractivity contribution in [1.82, 2.24) is 10.2 Å². The Balaban J connectivity index is 1.91. The molecule has 1 heterocycles. The molecule has 112 valence electrons. The lowest BCUT2D eigenvalue weighted by atomic mass is 10.0. The van der Waals surface area contributed by atoms with Gasteiger partial charge in [0.05, 0.1) is 0 Å². The minimum absolute atomic E-state index is 0.457. The normalized spacial score (nSPS) is 22.4. The number of benzene rings is 1. The third kappa shape index (κ3) is 4.57. The van der Waals surface area contributed by atoms with Crippen LogP contribution in [0.1, 0.15) is 50.6 Å². The Hall–Kier alpha value is -0.380. The SMILES string of the molecule is CNC(CCN1CCCCCC1C)c1ccc(Br)cc1. The van der Waals surface area contributed by atoms with Gasteiger partial charge in [0.25, 0.3) is 0 Å². The van der Waals surface area contributed by atoms with Crippen LogP contribution < -0.4 is 5.32 Å². The van der Waals surface area contributed by atoms with Gasteiger partial charge in [-0.05, 0) is 57.5 Å². The molecule has 0 spiro atoms. The Bertz CT molecular complexity index is 390. The third-order valence-electron chi connectivity index (χ3n) is 4.52. The van der Waals surface area contributed by atoms with E-state index in [1.54, 1.807) is 0 Å². The molecule has 1 saturated heterocycles. The van der Waals surface area contributed by atoms with E-state index in [2.05, 4.69) is 64.4 Å². The molecule has 0 radical (unpaired) electrons. The largest absolute Gasteiger partial charge is 0.313 e. The Labute approximate surface area is 132 Å². The minimum atomic E-state index is 0.457. The van der Waals surface area contributed by atoms with Gasteiger partial charge in [0, 0.05) is 23.1 Å². The van der Waals surface area contributed by atoms with E-state index in [1.807, 2.05) is 0 Å². The number of likely N-dealkylation sites (tertiary alicyclic amines) is 1. The number of hydrogen-bond acceptors (Lipinski definition) is 2. The molecule has 0 bridgehead atoms. The van der Waals surface area contributed by atoms with Crippen LogP contribution in [0.4, 0.5) is 0 Å². The molecule has 0 aromatic heterocycles. The first-order valence-electron chi connectivity index (χ1n) is 7.87. The summed E-state index contributed by atoms with van der Waals surface area (Å²) in [4.78, 5) is 2.68. The van der Waals surface area contributed by atoms with Crippen LogP contribution in [0.5, 0.6) is 0 Å². The van der Waals surface area contributed by atoms with Crippen LogP contribution >= 0.6 is 15.9 Å². The van der Waals surface area contributed by atoms with Crippen molar-refractivity contribution in [3.63, 3.8) is 0 Å². The molecule has 1 aromatic carbocycles. The molecule has 1 fully saturated rings. The maximum atomic E-state index is 3.51. The zero-order chi connectivity index (χ0) is 14.4. The quantitative estimate of drug-likeness (QED) is 0.857. The van der Waals surface area contributed by atoms with E-state index >= 15 is 0 Å². The van der Waals surface area contributed by atoms with Gasteiger partial charge in [0.2, 0.25) is 0 Å². The van der Waals surface area contributed by atoms with Crippen molar-refractivity contribution in [3.05, 3.63) is 34.3 Å². The minimum Gasteiger partial charge on any atom is -0.313 e. The van der Waals surface area contributed by atoms with Crippen LogP contribution in [-0.2, 0) is 0 Å². The average Bonchev–Trinajstić information content (AvgIpc) is 2.66. The summed E-state index contributed by atoms with van der Waals surface area (Å²) in [5.41, 5.74) is 1.39. The highest BCUT2D eigenvalue weighted by Crippen LogP contribution is 2.22. The summed E-state index contributed by atoms with van der Waals surface area (Å²) < 4.78 is 1.15. The molecule has 20 heavy (non-hydrogen) atoms. The number of nitrogens with zero attached hydrogens (tertiary/aromatic N) is 1. The van der Waals surface area contributed by atoms with Gasteiger partial charge in [0.1, 0.15) is 0 Å². The smallest absolute Gasteiger partial charge is 0.0329 e. The monoisotopic (exact) mass is 338 g/mol. The van der Waals surface area contributed by atoms with Crippen LogP contribution in [0.2, 0.25) is 0 Å². The molecule has 1 aliphatic heterocycles. The predicted molar refractivity (Wildman–Crippen MR) is 90.1 cm³/mol. The van der Waals surface area contributed by atoms with Gasteiger partial charge in [-0.2, -0.15) is 0 Å². The topological polar surface area (TPSA) is 15.3 Å². The molecule has 1 aromatic rings. The fraction of sp³-hybridized carbons (Fsp3) is 0.647. The zero-order valence-electron chi connectivity index (χ0n) is 12.7. The maximum absolute atomic E-state index is 3.51. The van der Waals surface area contributed by atoms with Gasteiger partial charge in [-0.25, -0.2) is 0 Å². The fourth-order valence-corrected chi connectivity index (χ4v) is 3.40. The summed E-state index contributed by atoms with van der Waals surface area (Å²) in [5.74, 6) is 0. The van der Waals surface area contributed by atoms with Crippen LogP contribution in [0, 0.1) is 0 Å². The van der Waals surface area contributed by atoms with Gasteiger partial charge in [0.15, 0.2) is 0 Å². The Morgan fingerprint density at radius 2 is 2.00 bits per heavy atom. The first-order valence-corrected chi connectivity index (χ1v) is 8.67. The standard InChI is InChI=1S/C17H27BrN2/c1-14-6-4-3-5-12-20(14)13-11-17(19-2)15-7-9-16(18)10-8-15/h7-10,14,17,19H,3-6,11-13H2,1-2H3. The lowest BCUT2D eigenvalue weighted by Gasteiger charge is -2.29. The van der Waals surface area contributed by atoms with Crippen molar-refractivity contribution in [2.45, 2.75) is 51.1 Å². The molecule has 2 rings (SSSR count). The van der Waals surface area contributed by atoms with E-state index in [0.29, 0.717) is 6.04 Å². The summed E-state index contributed by atoms with van der Waals surface area (Å²) in [7, 11) is 2.07. The molecule has 2 atom stereocenters. The zero-order valence-corrected chi connectivity index (χ0v) is 14.3. The highest BCUT2D eigenvalue weighted by atomic mass is 79.9. The molecule has 1 aliphatic rings. The average molecular weight is 339 g/mol. The lowest BCUT2D eigenvalue weighted by molar-refractivity contribution is 0.203. The Kier molecular flexibility index (Phi) is 6.53. The van der Waals surface area contributed by atoms with E-state index in [9.17, 15) is 0 Å². The molecule has 0 aliphatic carbocycles. The first-order chi connectivity index (χ1) is 9.70. The number of hydrogen-bond donors (Lipinski definition) is 1. The van der Waals surface area contributed by atoms with Crippen molar-refractivity contribution in [2.75, 3.05) is 20.1 Å². The fourth-order valence-electron chi connectivity index (χ4n) is 3.13. The summed E-state index contributed by atoms with van der Waals surface area (Å²) >= 11 is 3.51. The Morgan fingerprint density at radius 3 is 2.70 bits per heavy atom. The van der Waals surface area contributed by atoms with Crippen LogP contribution in [-0.4, -0.2) is 31.1 Å². The van der Waals surface area contributed by atoms with Gasteiger partial charge in [-0.1, -0.05) is 40.9 Å². The second-order valence-electron chi connectivity index (χ2n) is 5.92. The van der Waals surface area contributed by atoms with Crippen molar-refractivity contribution in [3.8, 4) is 0 Å². The summed E-state index contributed by atoms with van der Waals surface area (Å²) in [6, 6.07) is 9.91. The number of rotatable bonds is 5. The second kappa shape index (κ2) is 8.16. The highest BCUT2D eigenvalue weighted by Gasteiger charge is 2.18. The van der Waals surface area contributed by atoms with Gasteiger partial charge < -0.3 is 10.2 Å². The predicted octanol–water partition coefficient (Wildman–Crippen LogP) is 4.36. The summed E-state index contributed by atoms with van der Waals surface area (Å²) in [6.45, 7) is 4.86. The van der Waals surface area contributed by atoms with Gasteiger partial charge in [-0.15, -0.1) is 0 Å². The molecule has 0 amide bonds.